The van der Waals surface area contributed by atoms with E-state index in [9.17, 15) is 13.2 Å². The summed E-state index contributed by atoms with van der Waals surface area (Å²) >= 11 is 0. The van der Waals surface area contributed by atoms with Crippen molar-refractivity contribution in [2.45, 2.75) is 19.0 Å². The predicted molar refractivity (Wildman–Crippen MR) is 65.0 cm³/mol. The molecule has 1 aromatic rings. The van der Waals surface area contributed by atoms with Gasteiger partial charge in [-0.05, 0) is 25.5 Å². The van der Waals surface area contributed by atoms with Crippen molar-refractivity contribution in [3.63, 3.8) is 0 Å². The lowest BCUT2D eigenvalue weighted by molar-refractivity contribution is -0.141. The van der Waals surface area contributed by atoms with Crippen molar-refractivity contribution in [3.8, 4) is 11.9 Å². The highest BCUT2D eigenvalue weighted by Gasteiger charge is 2.33. The Morgan fingerprint density at radius 2 is 2.25 bits per heavy atom. The van der Waals surface area contributed by atoms with E-state index in [-0.39, 0.29) is 17.4 Å². The molecule has 0 aromatic carbocycles. The molecule has 4 nitrogen and oxygen atoms in total. The highest BCUT2D eigenvalue weighted by Crippen LogP contribution is 2.30. The minimum Gasteiger partial charge on any atom is -0.477 e. The van der Waals surface area contributed by atoms with Gasteiger partial charge in [-0.1, -0.05) is 0 Å². The Morgan fingerprint density at radius 1 is 1.45 bits per heavy atom. The number of nitrogens with one attached hydrogen (secondary N) is 1. The lowest BCUT2D eigenvalue weighted by atomic mass is 10.0. The molecule has 0 spiro atoms. The summed E-state index contributed by atoms with van der Waals surface area (Å²) in [6.07, 6.45) is -2.60. The number of piperidine rings is 1. The molecule has 1 N–H and O–H groups in total. The molecule has 0 radical (unpaired) electrons. The van der Waals surface area contributed by atoms with Crippen molar-refractivity contribution >= 4 is 0 Å². The first-order valence-corrected chi connectivity index (χ1v) is 6.32. The van der Waals surface area contributed by atoms with E-state index in [4.69, 9.17) is 10.00 Å². The van der Waals surface area contributed by atoms with Gasteiger partial charge in [0.05, 0.1) is 18.2 Å². The molecule has 1 aliphatic rings. The first kappa shape index (κ1) is 14.6. The fraction of sp³-hybridized carbons (Fsp3) is 0.538. The molecule has 0 aliphatic carbocycles. The normalized spacial score (nSPS) is 19.4. The monoisotopic (exact) mass is 285 g/mol. The standard InChI is InChI=1S/C13H14F3N3O/c14-13(15,16)11-4-10(6-17)5-12(19-11)20-8-9-2-1-3-18-7-9/h4-5,9,18H,1-3,7-8H2/t9-/m0/s1. The van der Waals surface area contributed by atoms with Gasteiger partial charge in [-0.15, -0.1) is 0 Å². The first-order chi connectivity index (χ1) is 9.49. The molecule has 1 aromatic heterocycles. The maximum absolute atomic E-state index is 12.6. The smallest absolute Gasteiger partial charge is 0.433 e. The van der Waals surface area contributed by atoms with E-state index in [1.165, 1.54) is 6.07 Å². The molecule has 1 fully saturated rings. The van der Waals surface area contributed by atoms with Gasteiger partial charge in [-0.25, -0.2) is 4.98 Å². The van der Waals surface area contributed by atoms with Gasteiger partial charge in [-0.3, -0.25) is 0 Å². The van der Waals surface area contributed by atoms with Crippen LogP contribution in [0.3, 0.4) is 0 Å². The van der Waals surface area contributed by atoms with Crippen molar-refractivity contribution in [1.29, 1.82) is 5.26 Å². The molecule has 2 rings (SSSR count). The zero-order valence-corrected chi connectivity index (χ0v) is 10.7. The summed E-state index contributed by atoms with van der Waals surface area (Å²) < 4.78 is 43.2. The number of rotatable bonds is 3. The van der Waals surface area contributed by atoms with Crippen LogP contribution in [0.2, 0.25) is 0 Å². The van der Waals surface area contributed by atoms with Crippen LogP contribution in [0, 0.1) is 17.2 Å². The molecule has 108 valence electrons. The average molecular weight is 285 g/mol. The number of nitriles is 1. The number of ether oxygens (including phenoxy) is 1. The predicted octanol–water partition coefficient (Wildman–Crippen LogP) is 2.35. The molecular formula is C13H14F3N3O. The van der Waals surface area contributed by atoms with E-state index in [0.717, 1.165) is 32.0 Å². The van der Waals surface area contributed by atoms with Crippen LogP contribution in [0.1, 0.15) is 24.1 Å². The van der Waals surface area contributed by atoms with Gasteiger partial charge < -0.3 is 10.1 Å². The molecule has 0 saturated carbocycles. The van der Waals surface area contributed by atoms with Crippen LogP contribution in [0.4, 0.5) is 13.2 Å². The Bertz CT molecular complexity index is 505. The van der Waals surface area contributed by atoms with Crippen molar-refractivity contribution in [3.05, 3.63) is 23.4 Å². The number of alkyl halides is 3. The fourth-order valence-corrected chi connectivity index (χ4v) is 2.06. The first-order valence-electron chi connectivity index (χ1n) is 6.32. The second-order valence-corrected chi connectivity index (χ2v) is 4.71. The van der Waals surface area contributed by atoms with Gasteiger partial charge >= 0.3 is 6.18 Å². The van der Waals surface area contributed by atoms with Crippen LogP contribution in [0.5, 0.6) is 5.88 Å². The van der Waals surface area contributed by atoms with Gasteiger partial charge in [0.25, 0.3) is 0 Å². The second-order valence-electron chi connectivity index (χ2n) is 4.71. The van der Waals surface area contributed by atoms with E-state index in [1.54, 1.807) is 6.07 Å². The number of hydrogen-bond donors (Lipinski definition) is 1. The van der Waals surface area contributed by atoms with Gasteiger partial charge in [0.2, 0.25) is 5.88 Å². The third kappa shape index (κ3) is 3.84. The van der Waals surface area contributed by atoms with Gasteiger partial charge in [0.1, 0.15) is 5.69 Å². The van der Waals surface area contributed by atoms with Crippen LogP contribution in [-0.2, 0) is 6.18 Å². The Kier molecular flexibility index (Phi) is 4.45. The summed E-state index contributed by atoms with van der Waals surface area (Å²) in [5.41, 5.74) is -1.21. The van der Waals surface area contributed by atoms with Crippen LogP contribution >= 0.6 is 0 Å². The summed E-state index contributed by atoms with van der Waals surface area (Å²) in [4.78, 5) is 3.42. The van der Waals surface area contributed by atoms with Crippen LogP contribution in [0.25, 0.3) is 0 Å². The summed E-state index contributed by atoms with van der Waals surface area (Å²) in [5.74, 6) is 0.104. The maximum atomic E-state index is 12.6. The summed E-state index contributed by atoms with van der Waals surface area (Å²) in [5, 5.41) is 12.0. The van der Waals surface area contributed by atoms with E-state index >= 15 is 0 Å². The van der Waals surface area contributed by atoms with Gasteiger partial charge in [0, 0.05) is 18.5 Å². The molecular weight excluding hydrogens is 271 g/mol. The fourth-order valence-electron chi connectivity index (χ4n) is 2.06. The van der Waals surface area contributed by atoms with Gasteiger partial charge in [-0.2, -0.15) is 18.4 Å². The maximum Gasteiger partial charge on any atom is 0.433 e. The quantitative estimate of drug-likeness (QED) is 0.926. The zero-order valence-electron chi connectivity index (χ0n) is 10.7. The lowest BCUT2D eigenvalue weighted by Crippen LogP contribution is -2.33. The lowest BCUT2D eigenvalue weighted by Gasteiger charge is -2.22. The Morgan fingerprint density at radius 3 is 2.85 bits per heavy atom. The summed E-state index contributed by atoms with van der Waals surface area (Å²) in [6.45, 7) is 2.03. The average Bonchev–Trinajstić information content (AvgIpc) is 2.45. The Balaban J connectivity index is 2.08. The van der Waals surface area contributed by atoms with Crippen molar-refractivity contribution in [2.24, 2.45) is 5.92 Å². The van der Waals surface area contributed by atoms with Crippen LogP contribution in [-0.4, -0.2) is 24.7 Å². The van der Waals surface area contributed by atoms with E-state index < -0.39 is 11.9 Å². The molecule has 1 saturated heterocycles. The largest absolute Gasteiger partial charge is 0.477 e. The third-order valence-electron chi connectivity index (χ3n) is 3.09. The highest BCUT2D eigenvalue weighted by atomic mass is 19.4. The van der Waals surface area contributed by atoms with Crippen molar-refractivity contribution < 1.29 is 17.9 Å². The van der Waals surface area contributed by atoms with Crippen molar-refractivity contribution in [1.82, 2.24) is 10.3 Å². The zero-order chi connectivity index (χ0) is 14.6. The highest BCUT2D eigenvalue weighted by molar-refractivity contribution is 5.35. The number of halogens is 3. The molecule has 20 heavy (non-hydrogen) atoms. The second kappa shape index (κ2) is 6.09. The van der Waals surface area contributed by atoms with E-state index in [1.807, 2.05) is 0 Å². The molecule has 1 atom stereocenters. The van der Waals surface area contributed by atoms with Crippen molar-refractivity contribution in [2.75, 3.05) is 19.7 Å². The Hall–Kier alpha value is -1.81. The van der Waals surface area contributed by atoms with Crippen LogP contribution < -0.4 is 10.1 Å². The Labute approximate surface area is 114 Å². The SMILES string of the molecule is N#Cc1cc(OC[C@H]2CCCNC2)nc(C(F)(F)F)c1. The van der Waals surface area contributed by atoms with E-state index in [0.29, 0.717) is 6.61 Å². The molecule has 0 unspecified atom stereocenters. The van der Waals surface area contributed by atoms with E-state index in [2.05, 4.69) is 10.3 Å². The summed E-state index contributed by atoms with van der Waals surface area (Å²) in [7, 11) is 0. The minimum absolute atomic E-state index is 0.107. The topological polar surface area (TPSA) is 57.9 Å². The number of pyridine rings is 1. The molecule has 7 heteroatoms. The van der Waals surface area contributed by atoms with Gasteiger partial charge in [0.15, 0.2) is 0 Å². The number of nitrogens with zero attached hydrogens (tertiary/aromatic N) is 2. The minimum atomic E-state index is -4.59. The molecule has 2 heterocycles. The summed E-state index contributed by atoms with van der Waals surface area (Å²) in [6, 6.07) is 3.63. The van der Waals surface area contributed by atoms with Crippen LogP contribution in [0.15, 0.2) is 12.1 Å². The molecule has 0 amide bonds. The molecule has 0 bridgehead atoms. The number of hydrogen-bond acceptors (Lipinski definition) is 4. The molecule has 1 aliphatic heterocycles. The number of aromatic nitrogens is 1. The third-order valence-corrected chi connectivity index (χ3v) is 3.09.